The summed E-state index contributed by atoms with van der Waals surface area (Å²) in [6, 6.07) is 0. The molecule has 0 aromatic rings. The highest BCUT2D eigenvalue weighted by Gasteiger charge is 2.29. The zero-order chi connectivity index (χ0) is 13.5. The third-order valence-electron chi connectivity index (χ3n) is 2.88. The second kappa shape index (κ2) is 6.98. The van der Waals surface area contributed by atoms with Gasteiger partial charge < -0.3 is 15.0 Å². The summed E-state index contributed by atoms with van der Waals surface area (Å²) < 4.78 is 4.96. The average molecular weight is 256 g/mol. The van der Waals surface area contributed by atoms with Crippen molar-refractivity contribution in [1.82, 2.24) is 10.2 Å². The first-order valence-corrected chi connectivity index (χ1v) is 6.23. The van der Waals surface area contributed by atoms with Crippen LogP contribution in [0, 0.1) is 5.92 Å². The normalized spacial score (nSPS) is 19.2. The number of carbonyl (C=O) groups excluding carboxylic acids is 3. The first-order chi connectivity index (χ1) is 8.54. The first kappa shape index (κ1) is 14.5. The zero-order valence-electron chi connectivity index (χ0n) is 10.9. The molecule has 1 atom stereocenters. The Hall–Kier alpha value is -1.59. The molecule has 0 aromatic heterocycles. The second-order valence-electron chi connectivity index (χ2n) is 4.34. The number of carbonyl (C=O) groups is 3. The van der Waals surface area contributed by atoms with Gasteiger partial charge >= 0.3 is 5.97 Å². The van der Waals surface area contributed by atoms with Gasteiger partial charge in [0.05, 0.1) is 19.1 Å². The zero-order valence-corrected chi connectivity index (χ0v) is 10.9. The predicted octanol–water partition coefficient (Wildman–Crippen LogP) is -0.0758. The molecule has 0 radical (unpaired) electrons. The lowest BCUT2D eigenvalue weighted by Crippen LogP contribution is -2.46. The smallest absolute Gasteiger partial charge is 0.310 e. The van der Waals surface area contributed by atoms with Gasteiger partial charge in [-0.3, -0.25) is 14.4 Å². The second-order valence-corrected chi connectivity index (χ2v) is 4.34. The Labute approximate surface area is 107 Å². The molecule has 2 amide bonds. The fourth-order valence-electron chi connectivity index (χ4n) is 1.97. The largest absolute Gasteiger partial charge is 0.466 e. The molecule has 1 heterocycles. The fraction of sp³-hybridized carbons (Fsp3) is 0.750. The number of piperidine rings is 1. The maximum absolute atomic E-state index is 11.8. The minimum absolute atomic E-state index is 0.00905. The fourth-order valence-corrected chi connectivity index (χ4v) is 1.97. The highest BCUT2D eigenvalue weighted by atomic mass is 16.5. The van der Waals surface area contributed by atoms with Crippen LogP contribution in [0.4, 0.5) is 0 Å². The quantitative estimate of drug-likeness (QED) is 0.714. The standard InChI is InChI=1S/C12H20N2O4/c1-3-18-12(17)10-5-4-6-14(8-10)11(16)7-13-9(2)15/h10H,3-8H2,1-2H3,(H,13,15). The number of likely N-dealkylation sites (tertiary alicyclic amines) is 1. The molecule has 0 aliphatic carbocycles. The van der Waals surface area contributed by atoms with Crippen molar-refractivity contribution in [2.45, 2.75) is 26.7 Å². The molecule has 1 saturated heterocycles. The average Bonchev–Trinajstić information content (AvgIpc) is 2.36. The Kier molecular flexibility index (Phi) is 5.61. The Balaban J connectivity index is 2.45. The number of ether oxygens (including phenoxy) is 1. The summed E-state index contributed by atoms with van der Waals surface area (Å²) in [5, 5.41) is 2.47. The van der Waals surface area contributed by atoms with Crippen molar-refractivity contribution in [1.29, 1.82) is 0 Å². The molecule has 1 N–H and O–H groups in total. The maximum Gasteiger partial charge on any atom is 0.310 e. The summed E-state index contributed by atoms with van der Waals surface area (Å²) in [6.07, 6.45) is 1.54. The van der Waals surface area contributed by atoms with Gasteiger partial charge in [-0.15, -0.1) is 0 Å². The van der Waals surface area contributed by atoms with E-state index < -0.39 is 0 Å². The molecule has 0 aromatic carbocycles. The van der Waals surface area contributed by atoms with Gasteiger partial charge in [-0.05, 0) is 19.8 Å². The molecule has 0 spiro atoms. The lowest BCUT2D eigenvalue weighted by Gasteiger charge is -2.31. The highest BCUT2D eigenvalue weighted by Crippen LogP contribution is 2.17. The van der Waals surface area contributed by atoms with Crippen molar-refractivity contribution in [3.8, 4) is 0 Å². The minimum atomic E-state index is -0.241. The summed E-state index contributed by atoms with van der Waals surface area (Å²) in [5.41, 5.74) is 0. The van der Waals surface area contributed by atoms with Crippen LogP contribution in [0.5, 0.6) is 0 Å². The van der Waals surface area contributed by atoms with Crippen molar-refractivity contribution >= 4 is 17.8 Å². The Morgan fingerprint density at radius 1 is 1.39 bits per heavy atom. The van der Waals surface area contributed by atoms with Gasteiger partial charge in [0.1, 0.15) is 0 Å². The molecular formula is C12H20N2O4. The SMILES string of the molecule is CCOC(=O)C1CCCN(C(=O)CNC(C)=O)C1. The van der Waals surface area contributed by atoms with E-state index in [0.29, 0.717) is 19.7 Å². The van der Waals surface area contributed by atoms with Crippen molar-refractivity contribution in [3.63, 3.8) is 0 Å². The van der Waals surface area contributed by atoms with Gasteiger partial charge in [-0.25, -0.2) is 0 Å². The lowest BCUT2D eigenvalue weighted by atomic mass is 9.98. The number of amides is 2. The monoisotopic (exact) mass is 256 g/mol. The van der Waals surface area contributed by atoms with E-state index in [9.17, 15) is 14.4 Å². The van der Waals surface area contributed by atoms with E-state index in [1.165, 1.54) is 6.92 Å². The van der Waals surface area contributed by atoms with Crippen LogP contribution >= 0.6 is 0 Å². The molecular weight excluding hydrogens is 236 g/mol. The molecule has 1 fully saturated rings. The summed E-state index contributed by atoms with van der Waals surface area (Å²) in [6.45, 7) is 4.50. The molecule has 1 aliphatic rings. The van der Waals surface area contributed by atoms with Crippen LogP contribution in [-0.4, -0.2) is 48.9 Å². The van der Waals surface area contributed by atoms with E-state index in [2.05, 4.69) is 5.32 Å². The van der Waals surface area contributed by atoms with Gasteiger partial charge in [0, 0.05) is 20.0 Å². The molecule has 18 heavy (non-hydrogen) atoms. The number of hydrogen-bond acceptors (Lipinski definition) is 4. The maximum atomic E-state index is 11.8. The molecule has 102 valence electrons. The molecule has 1 unspecified atom stereocenters. The molecule has 0 saturated carbocycles. The Bertz CT molecular complexity index is 330. The van der Waals surface area contributed by atoms with Gasteiger partial charge in [-0.1, -0.05) is 0 Å². The van der Waals surface area contributed by atoms with Crippen molar-refractivity contribution < 1.29 is 19.1 Å². The Morgan fingerprint density at radius 3 is 2.72 bits per heavy atom. The number of hydrogen-bond donors (Lipinski definition) is 1. The molecule has 6 heteroatoms. The van der Waals surface area contributed by atoms with Crippen LogP contribution in [-0.2, 0) is 19.1 Å². The van der Waals surface area contributed by atoms with Crippen LogP contribution < -0.4 is 5.32 Å². The van der Waals surface area contributed by atoms with E-state index in [4.69, 9.17) is 4.74 Å². The summed E-state index contributed by atoms with van der Waals surface area (Å²) in [7, 11) is 0. The predicted molar refractivity (Wildman–Crippen MR) is 64.6 cm³/mol. The molecule has 1 aliphatic heterocycles. The number of nitrogens with one attached hydrogen (secondary N) is 1. The first-order valence-electron chi connectivity index (χ1n) is 6.23. The minimum Gasteiger partial charge on any atom is -0.466 e. The van der Waals surface area contributed by atoms with Crippen LogP contribution in [0.2, 0.25) is 0 Å². The van der Waals surface area contributed by atoms with E-state index in [1.807, 2.05) is 0 Å². The molecule has 6 nitrogen and oxygen atoms in total. The van der Waals surface area contributed by atoms with Gasteiger partial charge in [0.15, 0.2) is 0 Å². The van der Waals surface area contributed by atoms with Crippen LogP contribution in [0.25, 0.3) is 0 Å². The van der Waals surface area contributed by atoms with Gasteiger partial charge in [0.25, 0.3) is 0 Å². The van der Waals surface area contributed by atoms with E-state index in [1.54, 1.807) is 11.8 Å². The summed E-state index contributed by atoms with van der Waals surface area (Å²) in [5.74, 6) is -0.865. The van der Waals surface area contributed by atoms with Crippen LogP contribution in [0.1, 0.15) is 26.7 Å². The van der Waals surface area contributed by atoms with Gasteiger partial charge in [0.2, 0.25) is 11.8 Å². The highest BCUT2D eigenvalue weighted by molar-refractivity contribution is 5.84. The van der Waals surface area contributed by atoms with Crippen molar-refractivity contribution in [2.24, 2.45) is 5.92 Å². The van der Waals surface area contributed by atoms with E-state index in [-0.39, 0.29) is 30.2 Å². The Morgan fingerprint density at radius 2 is 2.11 bits per heavy atom. The van der Waals surface area contributed by atoms with Crippen LogP contribution in [0.3, 0.4) is 0 Å². The topological polar surface area (TPSA) is 75.7 Å². The number of esters is 1. The van der Waals surface area contributed by atoms with Crippen molar-refractivity contribution in [3.05, 3.63) is 0 Å². The van der Waals surface area contributed by atoms with Crippen molar-refractivity contribution in [2.75, 3.05) is 26.2 Å². The molecule has 0 bridgehead atoms. The van der Waals surface area contributed by atoms with E-state index >= 15 is 0 Å². The lowest BCUT2D eigenvalue weighted by molar-refractivity contribution is -0.151. The molecule has 1 rings (SSSR count). The third-order valence-corrected chi connectivity index (χ3v) is 2.88. The van der Waals surface area contributed by atoms with E-state index in [0.717, 1.165) is 12.8 Å². The third kappa shape index (κ3) is 4.35. The number of rotatable bonds is 4. The van der Waals surface area contributed by atoms with Gasteiger partial charge in [-0.2, -0.15) is 0 Å². The van der Waals surface area contributed by atoms with Crippen LogP contribution in [0.15, 0.2) is 0 Å². The number of nitrogens with zero attached hydrogens (tertiary/aromatic N) is 1. The summed E-state index contributed by atoms with van der Waals surface area (Å²) in [4.78, 5) is 35.7. The summed E-state index contributed by atoms with van der Waals surface area (Å²) >= 11 is 0.